The molecular weight excluding hydrogens is 448 g/mol. The summed E-state index contributed by atoms with van der Waals surface area (Å²) in [7, 11) is -4.09. The van der Waals surface area contributed by atoms with Gasteiger partial charge in [-0.1, -0.05) is 0 Å². The summed E-state index contributed by atoms with van der Waals surface area (Å²) in [5, 5.41) is 32.8. The Morgan fingerprint density at radius 1 is 1.28 bits per heavy atom. The van der Waals surface area contributed by atoms with Crippen molar-refractivity contribution in [3.63, 3.8) is 0 Å². The number of β-lactam (4-membered cyclic amide) rings is 1. The molecule has 1 aromatic rings. The van der Waals surface area contributed by atoms with E-state index in [0.717, 1.165) is 30.2 Å². The molecule has 2 saturated heterocycles. The quantitative estimate of drug-likeness (QED) is 0.137. The molecule has 3 amide bonds. The zero-order valence-electron chi connectivity index (χ0n) is 16.7. The van der Waals surface area contributed by atoms with Crippen molar-refractivity contribution < 1.29 is 42.9 Å². The maximum atomic E-state index is 12.7. The Morgan fingerprint density at radius 2 is 1.97 bits per heavy atom. The molecule has 2 heterocycles. The van der Waals surface area contributed by atoms with Crippen molar-refractivity contribution in [3.8, 4) is 11.5 Å². The van der Waals surface area contributed by atoms with Crippen LogP contribution in [0, 0.1) is 0 Å². The Morgan fingerprint density at radius 3 is 2.56 bits per heavy atom. The van der Waals surface area contributed by atoms with Gasteiger partial charge < -0.3 is 25.5 Å². The number of phenols is 2. The smallest absolute Gasteiger partial charge is 0.328 e. The molecule has 14 heteroatoms. The third-order valence-corrected chi connectivity index (χ3v) is 8.02. The molecule has 3 atom stereocenters. The van der Waals surface area contributed by atoms with Crippen LogP contribution in [0.5, 0.6) is 11.5 Å². The topological polar surface area (TPSA) is 203 Å². The number of hydrazone groups is 1. The number of sulfone groups is 1. The van der Waals surface area contributed by atoms with Crippen molar-refractivity contribution in [2.24, 2.45) is 5.10 Å². The van der Waals surface area contributed by atoms with Gasteiger partial charge in [0.15, 0.2) is 27.4 Å². The number of carboxylic acids is 1. The molecule has 0 aliphatic carbocycles. The molecule has 0 bridgehead atoms. The predicted octanol–water partition coefficient (Wildman–Crippen LogP) is -1.48. The first-order valence-corrected chi connectivity index (χ1v) is 10.9. The van der Waals surface area contributed by atoms with Crippen LogP contribution < -0.4 is 10.7 Å². The standard InChI is InChI=1S/C18H20N4O9S/c1-18(15(17(28)29)22-13(26)7-14(22)32(18,30)31)8-20-21-12(25)4-5-19-16(27)9-2-3-10(23)11(24)6-9/h2-3,6,8,14-15,23-24H,4-5,7H2,1H3,(H,19,27)(H,21,25)(H,28,29)/b20-8+/t14-,15+,18+/m1/s1. The molecule has 13 nitrogen and oxygen atoms in total. The van der Waals surface area contributed by atoms with E-state index in [2.05, 4.69) is 15.8 Å². The summed E-state index contributed by atoms with van der Waals surface area (Å²) in [6, 6.07) is 1.78. The molecule has 32 heavy (non-hydrogen) atoms. The highest BCUT2D eigenvalue weighted by Gasteiger charge is 2.69. The molecule has 0 radical (unpaired) electrons. The minimum absolute atomic E-state index is 0.0528. The maximum absolute atomic E-state index is 12.7. The van der Waals surface area contributed by atoms with Crippen LogP contribution >= 0.6 is 0 Å². The fourth-order valence-electron chi connectivity index (χ4n) is 3.55. The third-order valence-electron chi connectivity index (χ3n) is 5.36. The van der Waals surface area contributed by atoms with Gasteiger partial charge in [0.25, 0.3) is 5.91 Å². The van der Waals surface area contributed by atoms with Crippen molar-refractivity contribution in [2.45, 2.75) is 35.9 Å². The minimum Gasteiger partial charge on any atom is -0.504 e. The number of nitrogens with zero attached hydrogens (tertiary/aromatic N) is 2. The van der Waals surface area contributed by atoms with Crippen LogP contribution in [-0.4, -0.2) is 81.3 Å². The van der Waals surface area contributed by atoms with Gasteiger partial charge in [-0.2, -0.15) is 5.10 Å². The van der Waals surface area contributed by atoms with Gasteiger partial charge in [0.05, 0.1) is 6.42 Å². The predicted molar refractivity (Wildman–Crippen MR) is 107 cm³/mol. The van der Waals surface area contributed by atoms with Crippen LogP contribution in [0.1, 0.15) is 30.1 Å². The van der Waals surface area contributed by atoms with Gasteiger partial charge in [0, 0.05) is 24.7 Å². The third kappa shape index (κ3) is 3.72. The molecule has 0 unspecified atom stereocenters. The van der Waals surface area contributed by atoms with Crippen LogP contribution in [0.4, 0.5) is 0 Å². The Labute approximate surface area is 181 Å². The van der Waals surface area contributed by atoms with Crippen LogP contribution in [0.15, 0.2) is 23.3 Å². The van der Waals surface area contributed by atoms with Crippen molar-refractivity contribution in [2.75, 3.05) is 6.54 Å². The minimum atomic E-state index is -4.09. The lowest BCUT2D eigenvalue weighted by atomic mass is 9.97. The van der Waals surface area contributed by atoms with Gasteiger partial charge in [-0.05, 0) is 25.1 Å². The van der Waals surface area contributed by atoms with Crippen molar-refractivity contribution in [1.29, 1.82) is 0 Å². The monoisotopic (exact) mass is 468 g/mol. The van der Waals surface area contributed by atoms with Gasteiger partial charge >= 0.3 is 5.97 Å². The van der Waals surface area contributed by atoms with Crippen LogP contribution in [0.25, 0.3) is 0 Å². The Balaban J connectivity index is 1.57. The normalized spacial score (nSPS) is 25.8. The van der Waals surface area contributed by atoms with E-state index in [1.807, 2.05) is 0 Å². The van der Waals surface area contributed by atoms with Crippen molar-refractivity contribution in [1.82, 2.24) is 15.6 Å². The van der Waals surface area contributed by atoms with Crippen molar-refractivity contribution in [3.05, 3.63) is 23.8 Å². The molecule has 2 fully saturated rings. The van der Waals surface area contributed by atoms with Gasteiger partial charge in [-0.25, -0.2) is 18.6 Å². The molecule has 5 N–H and O–H groups in total. The van der Waals surface area contributed by atoms with Gasteiger partial charge in [-0.15, -0.1) is 0 Å². The highest BCUT2D eigenvalue weighted by atomic mass is 32.2. The number of phenolic OH excluding ortho intramolecular Hbond substituents is 2. The van der Waals surface area contributed by atoms with E-state index >= 15 is 0 Å². The number of carbonyl (C=O) groups excluding carboxylic acids is 3. The highest BCUT2D eigenvalue weighted by Crippen LogP contribution is 2.45. The number of hydrogen-bond donors (Lipinski definition) is 5. The zero-order valence-corrected chi connectivity index (χ0v) is 17.5. The molecule has 0 saturated carbocycles. The molecular formula is C18H20N4O9S. The second-order valence-corrected chi connectivity index (χ2v) is 9.95. The van der Waals surface area contributed by atoms with Crippen molar-refractivity contribution >= 4 is 39.7 Å². The molecule has 2 aliphatic heterocycles. The lowest BCUT2D eigenvalue weighted by Crippen LogP contribution is -2.57. The van der Waals surface area contributed by atoms with Gasteiger partial charge in [0.1, 0.15) is 10.1 Å². The first-order chi connectivity index (χ1) is 14.9. The first-order valence-electron chi connectivity index (χ1n) is 9.31. The SMILES string of the molecule is C[C@]1(/C=N/NC(=O)CCNC(=O)c2ccc(O)c(O)c2)[C@H](C(=O)O)N2C(=O)C[C@H]2S1(=O)=O. The van der Waals surface area contributed by atoms with Gasteiger partial charge in [0.2, 0.25) is 11.8 Å². The summed E-state index contributed by atoms with van der Waals surface area (Å²) in [6.45, 7) is 0.995. The fraction of sp³-hybridized carbons (Fsp3) is 0.389. The van der Waals surface area contributed by atoms with Crippen LogP contribution in [-0.2, 0) is 24.2 Å². The summed E-state index contributed by atoms with van der Waals surface area (Å²) in [6.07, 6.45) is 0.245. The summed E-state index contributed by atoms with van der Waals surface area (Å²) < 4.78 is 23.4. The first kappa shape index (κ1) is 23.0. The maximum Gasteiger partial charge on any atom is 0.328 e. The number of aromatic hydroxyl groups is 2. The highest BCUT2D eigenvalue weighted by molar-refractivity contribution is 7.94. The lowest BCUT2D eigenvalue weighted by Gasteiger charge is -2.35. The number of fused-ring (bicyclic) bond motifs is 1. The molecule has 2 aliphatic rings. The fourth-order valence-corrected chi connectivity index (χ4v) is 5.76. The Hall–Kier alpha value is -3.68. The van der Waals surface area contributed by atoms with E-state index in [4.69, 9.17) is 0 Å². The number of aliphatic carboxylic acids is 1. The summed E-state index contributed by atoms with van der Waals surface area (Å²) in [5.74, 6) is -4.28. The molecule has 3 rings (SSSR count). The number of nitrogens with one attached hydrogen (secondary N) is 2. The molecule has 1 aromatic carbocycles. The number of hydrogen-bond acceptors (Lipinski definition) is 9. The Bertz CT molecular complexity index is 1130. The number of benzene rings is 1. The number of carbonyl (C=O) groups is 4. The zero-order chi connectivity index (χ0) is 23.8. The van der Waals surface area contributed by atoms with Crippen LogP contribution in [0.2, 0.25) is 0 Å². The van der Waals surface area contributed by atoms with Gasteiger partial charge in [-0.3, -0.25) is 14.4 Å². The number of amides is 3. The van der Waals surface area contributed by atoms with E-state index in [1.54, 1.807) is 0 Å². The average molecular weight is 468 g/mol. The van der Waals surface area contributed by atoms with Crippen LogP contribution in [0.3, 0.4) is 0 Å². The summed E-state index contributed by atoms with van der Waals surface area (Å²) in [5.41, 5.74) is 2.12. The van der Waals surface area contributed by atoms with E-state index in [9.17, 15) is 42.9 Å². The van der Waals surface area contributed by atoms with E-state index in [-0.39, 0.29) is 24.9 Å². The number of rotatable bonds is 7. The second kappa shape index (κ2) is 8.11. The van der Waals surface area contributed by atoms with E-state index in [1.165, 1.54) is 6.07 Å². The average Bonchev–Trinajstić information content (AvgIpc) is 2.84. The largest absolute Gasteiger partial charge is 0.504 e. The molecule has 0 aromatic heterocycles. The summed E-state index contributed by atoms with van der Waals surface area (Å²) >= 11 is 0. The Kier molecular flexibility index (Phi) is 5.82. The summed E-state index contributed by atoms with van der Waals surface area (Å²) in [4.78, 5) is 48.0. The van der Waals surface area contributed by atoms with E-state index < -0.39 is 61.2 Å². The number of carboxylic acid groups (broad SMARTS) is 1. The molecule has 172 valence electrons. The van der Waals surface area contributed by atoms with E-state index in [0.29, 0.717) is 0 Å². The molecule has 0 spiro atoms. The second-order valence-electron chi connectivity index (χ2n) is 7.43. The lowest BCUT2D eigenvalue weighted by molar-refractivity contribution is -0.156.